The molecule has 0 unspecified atom stereocenters. The number of nitrogens with zero attached hydrogens (tertiary/aromatic N) is 1. The van der Waals surface area contributed by atoms with Gasteiger partial charge in [0.2, 0.25) is 0 Å². The second kappa shape index (κ2) is 4.99. The van der Waals surface area contributed by atoms with E-state index in [2.05, 4.69) is 35.9 Å². The van der Waals surface area contributed by atoms with E-state index in [-0.39, 0.29) is 4.90 Å². The maximum absolute atomic E-state index is 12.2. The van der Waals surface area contributed by atoms with Gasteiger partial charge >= 0.3 is 0 Å². The zero-order valence-corrected chi connectivity index (χ0v) is 11.8. The van der Waals surface area contributed by atoms with Crippen LogP contribution in [-0.2, 0) is 10.0 Å². The quantitative estimate of drug-likeness (QED) is 0.800. The number of H-pyrrole nitrogens is 1. The van der Waals surface area contributed by atoms with Crippen molar-refractivity contribution < 1.29 is 8.42 Å². The predicted molar refractivity (Wildman–Crippen MR) is 73.1 cm³/mol. The molecule has 8 heteroatoms. The minimum Gasteiger partial charge on any atom is -0.372 e. The number of anilines is 2. The molecule has 2 rings (SSSR count). The summed E-state index contributed by atoms with van der Waals surface area (Å²) in [5.74, 6) is 0.293. The van der Waals surface area contributed by atoms with Gasteiger partial charge in [-0.1, -0.05) is 0 Å². The fraction of sp³-hybridized carbons (Fsp3) is 0.100. The van der Waals surface area contributed by atoms with Crippen LogP contribution >= 0.6 is 15.9 Å². The third-order valence-electron chi connectivity index (χ3n) is 2.20. The molecule has 3 N–H and O–H groups in total. The zero-order chi connectivity index (χ0) is 13.2. The highest BCUT2D eigenvalue weighted by Gasteiger charge is 2.20. The molecule has 0 spiro atoms. The summed E-state index contributed by atoms with van der Waals surface area (Å²) in [6, 6.07) is 3.12. The summed E-state index contributed by atoms with van der Waals surface area (Å²) in [6.07, 6.45) is 4.72. The van der Waals surface area contributed by atoms with E-state index in [9.17, 15) is 8.42 Å². The van der Waals surface area contributed by atoms with E-state index in [1.165, 1.54) is 12.3 Å². The summed E-state index contributed by atoms with van der Waals surface area (Å²) in [7, 11) is -2.06. The summed E-state index contributed by atoms with van der Waals surface area (Å²) in [4.78, 5) is 6.87. The van der Waals surface area contributed by atoms with E-state index in [4.69, 9.17) is 0 Å². The molecule has 0 aliphatic rings. The first-order valence-corrected chi connectivity index (χ1v) is 7.29. The van der Waals surface area contributed by atoms with Gasteiger partial charge in [0.15, 0.2) is 0 Å². The highest BCUT2D eigenvalue weighted by molar-refractivity contribution is 9.10. The lowest BCUT2D eigenvalue weighted by Gasteiger charge is -2.10. The van der Waals surface area contributed by atoms with Crippen molar-refractivity contribution in [2.45, 2.75) is 4.90 Å². The highest BCUT2D eigenvalue weighted by Crippen LogP contribution is 2.24. The van der Waals surface area contributed by atoms with Gasteiger partial charge in [0.25, 0.3) is 10.0 Å². The van der Waals surface area contributed by atoms with Gasteiger partial charge in [-0.05, 0) is 28.1 Å². The third-order valence-corrected chi connectivity index (χ3v) is 4.02. The molecule has 2 heterocycles. The second-order valence-corrected chi connectivity index (χ2v) is 6.02. The first-order valence-electron chi connectivity index (χ1n) is 5.02. The van der Waals surface area contributed by atoms with Crippen LogP contribution in [0.3, 0.4) is 0 Å². The third kappa shape index (κ3) is 2.65. The molecule has 0 atom stereocenters. The van der Waals surface area contributed by atoms with Crippen LogP contribution in [0.1, 0.15) is 0 Å². The van der Waals surface area contributed by atoms with Gasteiger partial charge in [0.05, 0.1) is 5.69 Å². The molecular weight excluding hydrogens is 320 g/mol. The molecule has 0 bridgehead atoms. The molecule has 96 valence electrons. The Morgan fingerprint density at radius 3 is 2.83 bits per heavy atom. The maximum atomic E-state index is 12.2. The molecule has 0 aliphatic carbocycles. The Balaban J connectivity index is 2.43. The van der Waals surface area contributed by atoms with Gasteiger partial charge in [-0.15, -0.1) is 0 Å². The van der Waals surface area contributed by atoms with E-state index in [0.29, 0.717) is 16.0 Å². The number of halogens is 1. The van der Waals surface area contributed by atoms with Crippen LogP contribution in [0.5, 0.6) is 0 Å². The SMILES string of the molecule is CNc1ncc(Br)cc1S(=O)(=O)Nc1cc[nH]c1. The fourth-order valence-electron chi connectivity index (χ4n) is 1.41. The molecule has 0 amide bonds. The van der Waals surface area contributed by atoms with E-state index in [1.54, 1.807) is 25.5 Å². The van der Waals surface area contributed by atoms with Crippen LogP contribution in [0.25, 0.3) is 0 Å². The predicted octanol–water partition coefficient (Wildman–Crippen LogP) is 2.01. The van der Waals surface area contributed by atoms with Crippen LogP contribution in [0.15, 0.2) is 40.1 Å². The maximum Gasteiger partial charge on any atom is 0.265 e. The smallest absolute Gasteiger partial charge is 0.265 e. The van der Waals surface area contributed by atoms with Crippen molar-refractivity contribution in [2.24, 2.45) is 0 Å². The topological polar surface area (TPSA) is 86.9 Å². The number of sulfonamides is 1. The zero-order valence-electron chi connectivity index (χ0n) is 9.44. The number of hydrogen-bond acceptors (Lipinski definition) is 4. The number of nitrogens with one attached hydrogen (secondary N) is 3. The highest BCUT2D eigenvalue weighted by atomic mass is 79.9. The summed E-state index contributed by atoms with van der Waals surface area (Å²) >= 11 is 3.21. The molecule has 0 saturated carbocycles. The largest absolute Gasteiger partial charge is 0.372 e. The van der Waals surface area contributed by atoms with E-state index in [0.717, 1.165) is 0 Å². The molecule has 6 nitrogen and oxygen atoms in total. The van der Waals surface area contributed by atoms with Crippen LogP contribution in [0.2, 0.25) is 0 Å². The monoisotopic (exact) mass is 330 g/mol. The standard InChI is InChI=1S/C10H11BrN4O2S/c1-12-10-9(4-7(11)5-14-10)18(16,17)15-8-2-3-13-6-8/h2-6,13,15H,1H3,(H,12,14). The van der Waals surface area contributed by atoms with Crippen LogP contribution in [0.4, 0.5) is 11.5 Å². The van der Waals surface area contributed by atoms with Crippen LogP contribution < -0.4 is 10.0 Å². The average Bonchev–Trinajstić information content (AvgIpc) is 2.81. The number of aromatic amines is 1. The Morgan fingerprint density at radius 2 is 2.22 bits per heavy atom. The average molecular weight is 331 g/mol. The molecule has 0 radical (unpaired) electrons. The Labute approximate surface area is 113 Å². The summed E-state index contributed by atoms with van der Waals surface area (Å²) in [5, 5.41) is 2.75. The van der Waals surface area contributed by atoms with Crippen molar-refractivity contribution in [3.63, 3.8) is 0 Å². The van der Waals surface area contributed by atoms with Gasteiger partial charge in [0, 0.05) is 30.1 Å². The van der Waals surface area contributed by atoms with Gasteiger partial charge in [0.1, 0.15) is 10.7 Å². The molecule has 0 fully saturated rings. The van der Waals surface area contributed by atoms with E-state index >= 15 is 0 Å². The molecule has 0 aromatic carbocycles. The summed E-state index contributed by atoms with van der Waals surface area (Å²) in [5.41, 5.74) is 0.469. The first kappa shape index (κ1) is 12.9. The Hall–Kier alpha value is -1.54. The number of pyridine rings is 1. The fourth-order valence-corrected chi connectivity index (χ4v) is 3.13. The van der Waals surface area contributed by atoms with E-state index < -0.39 is 10.0 Å². The molecule has 0 aliphatic heterocycles. The summed E-state index contributed by atoms with van der Waals surface area (Å²) < 4.78 is 27.5. The van der Waals surface area contributed by atoms with Crippen molar-refractivity contribution in [1.29, 1.82) is 0 Å². The molecule has 2 aromatic rings. The Bertz CT molecular complexity index is 640. The normalized spacial score (nSPS) is 11.2. The van der Waals surface area contributed by atoms with Gasteiger partial charge in [-0.3, -0.25) is 4.72 Å². The summed E-state index contributed by atoms with van der Waals surface area (Å²) in [6.45, 7) is 0. The molecular formula is C10H11BrN4O2S. The number of aromatic nitrogens is 2. The lowest BCUT2D eigenvalue weighted by atomic mass is 10.4. The number of hydrogen-bond donors (Lipinski definition) is 3. The van der Waals surface area contributed by atoms with Crippen molar-refractivity contribution in [2.75, 3.05) is 17.1 Å². The first-order chi connectivity index (χ1) is 8.53. The van der Waals surface area contributed by atoms with Crippen LogP contribution in [0, 0.1) is 0 Å². The van der Waals surface area contributed by atoms with E-state index in [1.807, 2.05) is 0 Å². The van der Waals surface area contributed by atoms with Gasteiger partial charge in [-0.2, -0.15) is 0 Å². The van der Waals surface area contributed by atoms with Crippen molar-refractivity contribution in [1.82, 2.24) is 9.97 Å². The van der Waals surface area contributed by atoms with Crippen LogP contribution in [-0.4, -0.2) is 25.4 Å². The Kier molecular flexibility index (Phi) is 3.58. The molecule has 18 heavy (non-hydrogen) atoms. The molecule has 0 saturated heterocycles. The van der Waals surface area contributed by atoms with Crippen molar-refractivity contribution in [3.8, 4) is 0 Å². The van der Waals surface area contributed by atoms with Gasteiger partial charge < -0.3 is 10.3 Å². The second-order valence-electron chi connectivity index (χ2n) is 3.46. The molecule has 2 aromatic heterocycles. The Morgan fingerprint density at radius 1 is 1.44 bits per heavy atom. The van der Waals surface area contributed by atoms with Gasteiger partial charge in [-0.25, -0.2) is 13.4 Å². The lowest BCUT2D eigenvalue weighted by Crippen LogP contribution is -2.15. The number of rotatable bonds is 4. The minimum atomic E-state index is -3.67. The van der Waals surface area contributed by atoms with Crippen molar-refractivity contribution in [3.05, 3.63) is 35.2 Å². The van der Waals surface area contributed by atoms with Crippen molar-refractivity contribution >= 4 is 37.5 Å². The minimum absolute atomic E-state index is 0.0839. The lowest BCUT2D eigenvalue weighted by molar-refractivity contribution is 0.601.